The van der Waals surface area contributed by atoms with Crippen molar-refractivity contribution in [2.75, 3.05) is 9.80 Å². The SMILES string of the molecule is c1cc(-c2nc(-c3cccc4ccc5ccccc5c34)ns2)cc(N2c3ccccc3N(c3ccc4ccccc4c3)c3ccccc32)c1. The van der Waals surface area contributed by atoms with E-state index in [-0.39, 0.29) is 0 Å². The first-order valence-electron chi connectivity index (χ1n) is 16.4. The van der Waals surface area contributed by atoms with Crippen molar-refractivity contribution in [2.24, 2.45) is 0 Å². The van der Waals surface area contributed by atoms with Crippen molar-refractivity contribution in [3.63, 3.8) is 0 Å². The average Bonchev–Trinajstić information content (AvgIpc) is 3.67. The van der Waals surface area contributed by atoms with E-state index in [1.807, 2.05) is 0 Å². The predicted molar refractivity (Wildman–Crippen MR) is 206 cm³/mol. The Balaban J connectivity index is 1.08. The van der Waals surface area contributed by atoms with Gasteiger partial charge in [0.2, 0.25) is 0 Å². The van der Waals surface area contributed by atoms with Crippen molar-refractivity contribution in [3.8, 4) is 22.0 Å². The molecule has 1 aromatic heterocycles. The summed E-state index contributed by atoms with van der Waals surface area (Å²) in [4.78, 5) is 9.88. The van der Waals surface area contributed by atoms with Crippen LogP contribution in [0.25, 0.3) is 54.3 Å². The number of para-hydroxylation sites is 4. The van der Waals surface area contributed by atoms with Gasteiger partial charge in [0.1, 0.15) is 5.01 Å². The lowest BCUT2D eigenvalue weighted by Crippen LogP contribution is -2.23. The van der Waals surface area contributed by atoms with Crippen molar-refractivity contribution in [1.82, 2.24) is 9.36 Å². The molecule has 49 heavy (non-hydrogen) atoms. The van der Waals surface area contributed by atoms with E-state index in [1.54, 1.807) is 0 Å². The van der Waals surface area contributed by atoms with Crippen LogP contribution in [0.2, 0.25) is 0 Å². The lowest BCUT2D eigenvalue weighted by atomic mass is 9.97. The summed E-state index contributed by atoms with van der Waals surface area (Å²) in [6.07, 6.45) is 0. The Morgan fingerprint density at radius 3 is 1.76 bits per heavy atom. The molecule has 0 atom stereocenters. The lowest BCUT2D eigenvalue weighted by Gasteiger charge is -2.40. The lowest BCUT2D eigenvalue weighted by molar-refractivity contribution is 1.17. The molecule has 4 nitrogen and oxygen atoms in total. The summed E-state index contributed by atoms with van der Waals surface area (Å²) in [5.74, 6) is 0.757. The summed E-state index contributed by atoms with van der Waals surface area (Å²) >= 11 is 1.45. The third-order valence-electron chi connectivity index (χ3n) is 9.51. The standard InChI is InChI=1S/C44H28N4S/c1-2-13-32-27-35(26-25-29(32)11-1)48-40-21-7-5-19-38(40)47(39-20-6-8-22-41(39)48)34-16-9-15-33(28-34)44-45-43(46-49-44)37-18-10-14-31-24-23-30-12-3-4-17-36(30)42(31)37/h1-28H. The van der Waals surface area contributed by atoms with Crippen LogP contribution in [0.3, 0.4) is 0 Å². The van der Waals surface area contributed by atoms with E-state index in [9.17, 15) is 0 Å². The molecule has 0 unspecified atom stereocenters. The molecular weight excluding hydrogens is 617 g/mol. The molecule has 0 fully saturated rings. The Morgan fingerprint density at radius 1 is 0.429 bits per heavy atom. The third-order valence-corrected chi connectivity index (χ3v) is 10.3. The van der Waals surface area contributed by atoms with Crippen molar-refractivity contribution in [2.45, 2.75) is 0 Å². The van der Waals surface area contributed by atoms with Gasteiger partial charge in [-0.15, -0.1) is 0 Å². The van der Waals surface area contributed by atoms with Crippen molar-refractivity contribution in [3.05, 3.63) is 170 Å². The maximum Gasteiger partial charge on any atom is 0.174 e. The van der Waals surface area contributed by atoms with Crippen LogP contribution in [-0.2, 0) is 0 Å². The number of rotatable bonds is 4. The number of nitrogens with zero attached hydrogens (tertiary/aromatic N) is 4. The summed E-state index contributed by atoms with van der Waals surface area (Å²) < 4.78 is 4.91. The van der Waals surface area contributed by atoms with E-state index in [2.05, 4.69) is 180 Å². The van der Waals surface area contributed by atoms with Crippen LogP contribution in [0.4, 0.5) is 34.1 Å². The maximum absolute atomic E-state index is 5.14. The normalized spacial score (nSPS) is 12.4. The van der Waals surface area contributed by atoms with Crippen molar-refractivity contribution in [1.29, 1.82) is 0 Å². The minimum Gasteiger partial charge on any atom is -0.306 e. The van der Waals surface area contributed by atoms with Gasteiger partial charge in [-0.2, -0.15) is 4.37 Å². The van der Waals surface area contributed by atoms with Crippen LogP contribution in [-0.4, -0.2) is 9.36 Å². The highest BCUT2D eigenvalue weighted by molar-refractivity contribution is 7.09. The molecule has 0 saturated heterocycles. The molecule has 0 aliphatic carbocycles. The monoisotopic (exact) mass is 644 g/mol. The van der Waals surface area contributed by atoms with Gasteiger partial charge >= 0.3 is 0 Å². The molecular formula is C44H28N4S. The number of anilines is 6. The molecule has 0 radical (unpaired) electrons. The van der Waals surface area contributed by atoms with Gasteiger partial charge < -0.3 is 9.80 Å². The van der Waals surface area contributed by atoms with Gasteiger partial charge in [-0.05, 0) is 87.0 Å². The van der Waals surface area contributed by atoms with E-state index >= 15 is 0 Å². The van der Waals surface area contributed by atoms with E-state index in [0.717, 1.165) is 56.1 Å². The van der Waals surface area contributed by atoms with Gasteiger partial charge in [-0.1, -0.05) is 121 Å². The Labute approximate surface area is 287 Å². The Bertz CT molecular complexity index is 2660. The largest absolute Gasteiger partial charge is 0.306 e. The van der Waals surface area contributed by atoms with Gasteiger partial charge in [0.25, 0.3) is 0 Å². The zero-order valence-electron chi connectivity index (χ0n) is 26.4. The quantitative estimate of drug-likeness (QED) is 0.178. The molecule has 10 rings (SSSR count). The predicted octanol–water partition coefficient (Wildman–Crippen LogP) is 12.6. The van der Waals surface area contributed by atoms with Gasteiger partial charge in [-0.25, -0.2) is 4.98 Å². The first kappa shape index (κ1) is 27.8. The average molecular weight is 645 g/mol. The van der Waals surface area contributed by atoms with Crippen LogP contribution >= 0.6 is 11.5 Å². The number of aromatic nitrogens is 2. The second-order valence-corrected chi connectivity index (χ2v) is 13.1. The summed E-state index contributed by atoms with van der Waals surface area (Å²) in [5, 5.41) is 8.16. The fourth-order valence-electron chi connectivity index (χ4n) is 7.29. The van der Waals surface area contributed by atoms with Crippen LogP contribution in [0.1, 0.15) is 0 Å². The first-order valence-corrected chi connectivity index (χ1v) is 17.2. The van der Waals surface area contributed by atoms with Gasteiger partial charge in [-0.3, -0.25) is 0 Å². The third kappa shape index (κ3) is 4.51. The molecule has 230 valence electrons. The second-order valence-electron chi connectivity index (χ2n) is 12.3. The molecule has 8 aromatic carbocycles. The van der Waals surface area contributed by atoms with Gasteiger partial charge in [0.15, 0.2) is 5.82 Å². The van der Waals surface area contributed by atoms with Crippen LogP contribution in [0.15, 0.2) is 170 Å². The fourth-order valence-corrected chi connectivity index (χ4v) is 7.96. The van der Waals surface area contributed by atoms with Gasteiger partial charge in [0, 0.05) is 27.9 Å². The molecule has 2 heterocycles. The zero-order valence-corrected chi connectivity index (χ0v) is 27.2. The molecule has 9 aromatic rings. The Morgan fingerprint density at radius 2 is 1.00 bits per heavy atom. The van der Waals surface area contributed by atoms with E-state index < -0.39 is 0 Å². The summed E-state index contributed by atoms with van der Waals surface area (Å²) in [7, 11) is 0. The molecule has 0 spiro atoms. The van der Waals surface area contributed by atoms with Crippen molar-refractivity contribution >= 4 is 78.0 Å². The smallest absolute Gasteiger partial charge is 0.174 e. The zero-order chi connectivity index (χ0) is 32.3. The number of fused-ring (bicyclic) bond motifs is 6. The second kappa shape index (κ2) is 11.2. The molecule has 0 saturated carbocycles. The highest BCUT2D eigenvalue weighted by Crippen LogP contribution is 2.54. The van der Waals surface area contributed by atoms with Crippen LogP contribution in [0, 0.1) is 0 Å². The number of hydrogen-bond acceptors (Lipinski definition) is 5. The first-order chi connectivity index (χ1) is 24.3. The van der Waals surface area contributed by atoms with E-state index in [4.69, 9.17) is 9.36 Å². The van der Waals surface area contributed by atoms with Gasteiger partial charge in [0.05, 0.1) is 22.7 Å². The van der Waals surface area contributed by atoms with Crippen LogP contribution in [0.5, 0.6) is 0 Å². The molecule has 0 bridgehead atoms. The Hall–Kier alpha value is -6.30. The summed E-state index contributed by atoms with van der Waals surface area (Å²) in [6.45, 7) is 0. The minimum atomic E-state index is 0.757. The van der Waals surface area contributed by atoms with Crippen LogP contribution < -0.4 is 9.80 Å². The van der Waals surface area contributed by atoms with E-state index in [0.29, 0.717) is 0 Å². The summed E-state index contributed by atoms with van der Waals surface area (Å²) in [5.41, 5.74) is 8.79. The molecule has 0 N–H and O–H groups in total. The molecule has 1 aliphatic rings. The maximum atomic E-state index is 5.14. The van der Waals surface area contributed by atoms with E-state index in [1.165, 1.54) is 43.8 Å². The highest BCUT2D eigenvalue weighted by atomic mass is 32.1. The number of benzene rings is 8. The molecule has 0 amide bonds. The molecule has 5 heteroatoms. The Kier molecular flexibility index (Phi) is 6.32. The van der Waals surface area contributed by atoms with Crippen molar-refractivity contribution < 1.29 is 0 Å². The number of hydrogen-bond donors (Lipinski definition) is 0. The topological polar surface area (TPSA) is 32.3 Å². The minimum absolute atomic E-state index is 0.757. The summed E-state index contributed by atoms with van der Waals surface area (Å²) in [6, 6.07) is 60.5. The fraction of sp³-hybridized carbons (Fsp3) is 0. The molecule has 1 aliphatic heterocycles. The highest BCUT2D eigenvalue weighted by Gasteiger charge is 2.30.